The van der Waals surface area contributed by atoms with Crippen LogP contribution < -0.4 is 5.32 Å². The fraction of sp³-hybridized carbons (Fsp3) is 0.105. The van der Waals surface area contributed by atoms with Crippen molar-refractivity contribution in [1.29, 1.82) is 5.26 Å². The molecule has 0 atom stereocenters. The van der Waals surface area contributed by atoms with Gasteiger partial charge in [0.15, 0.2) is 0 Å². The molecular weight excluding hydrogens is 331 g/mol. The molecule has 7 heteroatoms. The van der Waals surface area contributed by atoms with Gasteiger partial charge in [0, 0.05) is 37.3 Å². The number of aryl methyl sites for hydroxylation is 1. The second kappa shape index (κ2) is 6.01. The molecule has 2 aromatic carbocycles. The van der Waals surface area contributed by atoms with E-state index < -0.39 is 5.82 Å². The smallest absolute Gasteiger partial charge is 0.148 e. The summed E-state index contributed by atoms with van der Waals surface area (Å²) in [6.45, 7) is 0. The summed E-state index contributed by atoms with van der Waals surface area (Å²) in [5.74, 6) is 0.106. The molecule has 6 nitrogen and oxygen atoms in total. The molecule has 1 N–H and O–H groups in total. The number of anilines is 1. The van der Waals surface area contributed by atoms with Crippen LogP contribution in [-0.4, -0.2) is 26.6 Å². The monoisotopic (exact) mass is 346 g/mol. The molecule has 0 aliphatic rings. The van der Waals surface area contributed by atoms with Crippen LogP contribution in [-0.2, 0) is 7.05 Å². The van der Waals surface area contributed by atoms with Gasteiger partial charge in [-0.3, -0.25) is 4.68 Å². The highest BCUT2D eigenvalue weighted by Crippen LogP contribution is 2.28. The van der Waals surface area contributed by atoms with Gasteiger partial charge in [-0.2, -0.15) is 10.4 Å². The maximum Gasteiger partial charge on any atom is 0.148 e. The van der Waals surface area contributed by atoms with Crippen molar-refractivity contribution < 1.29 is 4.39 Å². The third-order valence-electron chi connectivity index (χ3n) is 4.20. The lowest BCUT2D eigenvalue weighted by Gasteiger charge is -2.08. The predicted octanol–water partition coefficient (Wildman–Crippen LogP) is 3.48. The van der Waals surface area contributed by atoms with Crippen molar-refractivity contribution in [2.75, 3.05) is 12.4 Å². The first-order valence-electron chi connectivity index (χ1n) is 8.00. The van der Waals surface area contributed by atoms with Gasteiger partial charge in [0.2, 0.25) is 0 Å². The summed E-state index contributed by atoms with van der Waals surface area (Å²) in [5.41, 5.74) is 3.04. The van der Waals surface area contributed by atoms with Crippen molar-refractivity contribution in [2.45, 2.75) is 0 Å². The summed E-state index contributed by atoms with van der Waals surface area (Å²) in [7, 11) is 3.65. The zero-order valence-corrected chi connectivity index (χ0v) is 14.2. The molecule has 0 saturated heterocycles. The van der Waals surface area contributed by atoms with Crippen LogP contribution in [0.3, 0.4) is 0 Å². The Hall–Kier alpha value is -3.66. The number of benzene rings is 2. The Kier molecular flexibility index (Phi) is 3.66. The Bertz CT molecular complexity index is 1160. The zero-order valence-electron chi connectivity index (χ0n) is 14.2. The van der Waals surface area contributed by atoms with Crippen molar-refractivity contribution >= 4 is 16.7 Å². The van der Waals surface area contributed by atoms with E-state index in [1.807, 2.05) is 43.6 Å². The Labute approximate surface area is 149 Å². The van der Waals surface area contributed by atoms with Crippen molar-refractivity contribution in [2.24, 2.45) is 7.05 Å². The van der Waals surface area contributed by atoms with Crippen molar-refractivity contribution in [3.05, 3.63) is 60.0 Å². The predicted molar refractivity (Wildman–Crippen MR) is 97.5 cm³/mol. The van der Waals surface area contributed by atoms with Crippen LogP contribution in [0.4, 0.5) is 10.2 Å². The molecule has 2 aromatic heterocycles. The highest BCUT2D eigenvalue weighted by Gasteiger charge is 2.14. The van der Waals surface area contributed by atoms with Crippen molar-refractivity contribution in [3.8, 4) is 23.0 Å². The molecule has 0 aliphatic carbocycles. The minimum atomic E-state index is -0.552. The van der Waals surface area contributed by atoms with Gasteiger partial charge in [0.05, 0.1) is 22.5 Å². The van der Waals surface area contributed by atoms with E-state index in [4.69, 9.17) is 5.26 Å². The summed E-state index contributed by atoms with van der Waals surface area (Å²) < 4.78 is 17.6. The lowest BCUT2D eigenvalue weighted by Crippen LogP contribution is -2.00. The fourth-order valence-corrected chi connectivity index (χ4v) is 2.93. The Balaban J connectivity index is 1.89. The number of hydrogen-bond acceptors (Lipinski definition) is 4. The molecule has 0 fully saturated rings. The molecule has 0 amide bonds. The number of aromatic nitrogens is 4. The second-order valence-electron chi connectivity index (χ2n) is 5.93. The van der Waals surface area contributed by atoms with E-state index in [1.54, 1.807) is 22.5 Å². The number of nitrogens with one attached hydrogen (secondary N) is 1. The van der Waals surface area contributed by atoms with Crippen LogP contribution in [0.15, 0.2) is 48.7 Å². The Morgan fingerprint density at radius 3 is 2.69 bits per heavy atom. The van der Waals surface area contributed by atoms with E-state index in [2.05, 4.69) is 15.5 Å². The molecule has 128 valence electrons. The maximum absolute atomic E-state index is 14.1. The number of nitriles is 1. The SMILES string of the molecule is CNc1cc(-c2ccc(C#N)c(F)c2)n(-c2ccc3cn(C)nc3c2)n1. The highest BCUT2D eigenvalue weighted by molar-refractivity contribution is 5.81. The van der Waals surface area contributed by atoms with Gasteiger partial charge in [-0.25, -0.2) is 9.07 Å². The molecule has 2 heterocycles. The van der Waals surface area contributed by atoms with E-state index in [1.165, 1.54) is 12.1 Å². The molecular formula is C19H15FN6. The molecule has 0 aliphatic heterocycles. The number of halogens is 1. The van der Waals surface area contributed by atoms with Gasteiger partial charge in [-0.15, -0.1) is 5.10 Å². The molecule has 0 spiro atoms. The molecule has 0 unspecified atom stereocenters. The number of nitrogens with zero attached hydrogens (tertiary/aromatic N) is 5. The van der Waals surface area contributed by atoms with Crippen LogP contribution in [0.2, 0.25) is 0 Å². The van der Waals surface area contributed by atoms with Gasteiger partial charge in [0.25, 0.3) is 0 Å². The average Bonchev–Trinajstić information content (AvgIpc) is 3.23. The lowest BCUT2D eigenvalue weighted by atomic mass is 10.1. The van der Waals surface area contributed by atoms with Gasteiger partial charge < -0.3 is 5.32 Å². The topological polar surface area (TPSA) is 71.5 Å². The summed E-state index contributed by atoms with van der Waals surface area (Å²) in [6.07, 6.45) is 1.94. The van der Waals surface area contributed by atoms with E-state index in [0.717, 1.165) is 16.6 Å². The fourth-order valence-electron chi connectivity index (χ4n) is 2.93. The zero-order chi connectivity index (χ0) is 18.3. The van der Waals surface area contributed by atoms with Crippen LogP contribution in [0.5, 0.6) is 0 Å². The lowest BCUT2D eigenvalue weighted by molar-refractivity contribution is 0.624. The third-order valence-corrected chi connectivity index (χ3v) is 4.20. The van der Waals surface area contributed by atoms with Gasteiger partial charge >= 0.3 is 0 Å². The molecule has 0 radical (unpaired) electrons. The van der Waals surface area contributed by atoms with Crippen molar-refractivity contribution in [1.82, 2.24) is 19.6 Å². The minimum Gasteiger partial charge on any atom is -0.372 e. The van der Waals surface area contributed by atoms with Crippen LogP contribution in [0.1, 0.15) is 5.56 Å². The summed E-state index contributed by atoms with van der Waals surface area (Å²) >= 11 is 0. The van der Waals surface area contributed by atoms with E-state index in [0.29, 0.717) is 17.1 Å². The standard InChI is InChI=1S/C19H15FN6/c1-22-19-9-18(12-3-4-13(10-21)16(20)7-12)26(24-19)15-6-5-14-11-25(2)23-17(14)8-15/h3-9,11H,1-2H3,(H,22,24). The summed E-state index contributed by atoms with van der Waals surface area (Å²) in [5, 5.41) is 21.9. The van der Waals surface area contributed by atoms with Crippen molar-refractivity contribution in [3.63, 3.8) is 0 Å². The second-order valence-corrected chi connectivity index (χ2v) is 5.93. The Morgan fingerprint density at radius 2 is 1.96 bits per heavy atom. The van der Waals surface area contributed by atoms with E-state index in [-0.39, 0.29) is 5.56 Å². The molecule has 4 rings (SSSR count). The Morgan fingerprint density at radius 1 is 1.12 bits per heavy atom. The molecule has 0 bridgehead atoms. The van der Waals surface area contributed by atoms with Gasteiger partial charge in [0.1, 0.15) is 17.7 Å². The normalized spacial score (nSPS) is 10.8. The molecule has 0 saturated carbocycles. The quantitative estimate of drug-likeness (QED) is 0.616. The largest absolute Gasteiger partial charge is 0.372 e. The molecule has 4 aromatic rings. The number of fused-ring (bicyclic) bond motifs is 1. The summed E-state index contributed by atoms with van der Waals surface area (Å²) in [4.78, 5) is 0. The first-order chi connectivity index (χ1) is 12.6. The summed E-state index contributed by atoms with van der Waals surface area (Å²) in [6, 6.07) is 14.1. The van der Waals surface area contributed by atoms with Gasteiger partial charge in [-0.1, -0.05) is 6.07 Å². The first kappa shape index (κ1) is 15.8. The molecule has 26 heavy (non-hydrogen) atoms. The average molecular weight is 346 g/mol. The van der Waals surface area contributed by atoms with Crippen LogP contribution in [0.25, 0.3) is 27.8 Å². The van der Waals surface area contributed by atoms with Gasteiger partial charge in [-0.05, 0) is 30.3 Å². The van der Waals surface area contributed by atoms with Crippen LogP contribution in [0, 0.1) is 17.1 Å². The van der Waals surface area contributed by atoms with Crippen LogP contribution >= 0.6 is 0 Å². The number of rotatable bonds is 3. The van der Waals surface area contributed by atoms with E-state index in [9.17, 15) is 4.39 Å². The van der Waals surface area contributed by atoms with E-state index >= 15 is 0 Å². The first-order valence-corrected chi connectivity index (χ1v) is 8.00. The maximum atomic E-state index is 14.1. The minimum absolute atomic E-state index is 0.0172. The highest BCUT2D eigenvalue weighted by atomic mass is 19.1. The third kappa shape index (κ3) is 2.58. The number of hydrogen-bond donors (Lipinski definition) is 1.